The molecule has 2 saturated heterocycles. The minimum atomic E-state index is -0.513. The number of carbonyl (C=O) groups is 2. The van der Waals surface area contributed by atoms with E-state index >= 15 is 0 Å². The molecule has 2 amide bonds. The average Bonchev–Trinajstić information content (AvgIpc) is 3.43. The molecule has 1 aromatic carbocycles. The fraction of sp³-hybridized carbons (Fsp3) is 0.455. The highest BCUT2D eigenvalue weighted by molar-refractivity contribution is 7.10. The third kappa shape index (κ3) is 3.08. The molecular formula is C22H24N2O4S. The number of hydrogen-bond acceptors (Lipinski definition) is 5. The number of fused-ring (bicyclic) bond motifs is 1. The second-order valence-electron chi connectivity index (χ2n) is 7.87. The number of amides is 2. The lowest BCUT2D eigenvalue weighted by Gasteiger charge is -2.43. The molecule has 2 fully saturated rings. The number of likely N-dealkylation sites (tertiary alicyclic amines) is 1. The molecule has 2 aromatic rings. The number of piperidine rings is 1. The van der Waals surface area contributed by atoms with Crippen molar-refractivity contribution in [2.45, 2.75) is 30.6 Å². The molecule has 0 N–H and O–H groups in total. The van der Waals surface area contributed by atoms with Gasteiger partial charge in [0.1, 0.15) is 0 Å². The molecule has 0 aliphatic carbocycles. The number of rotatable bonds is 2. The standard InChI is InChI=1S/C22H24N2O4S/c1-23-19(17-7-4-14-29-17)18(15-5-2-3-6-16(15)20(23)25)21(26)24-10-8-22(9-11-24)27-12-13-28-22/h2-7,14,18-19H,8-13H2,1H3/t18-,19-/m0/s1. The Morgan fingerprint density at radius 2 is 1.83 bits per heavy atom. The Balaban J connectivity index is 1.49. The van der Waals surface area contributed by atoms with Crippen LogP contribution in [0.15, 0.2) is 41.8 Å². The first-order valence-corrected chi connectivity index (χ1v) is 10.9. The molecule has 0 radical (unpaired) electrons. The molecule has 7 heteroatoms. The van der Waals surface area contributed by atoms with Crippen molar-refractivity contribution < 1.29 is 19.1 Å². The van der Waals surface area contributed by atoms with Crippen molar-refractivity contribution in [2.75, 3.05) is 33.4 Å². The van der Waals surface area contributed by atoms with Crippen LogP contribution in [0.4, 0.5) is 0 Å². The molecule has 0 bridgehead atoms. The molecule has 29 heavy (non-hydrogen) atoms. The first-order chi connectivity index (χ1) is 14.1. The average molecular weight is 413 g/mol. The van der Waals surface area contributed by atoms with Gasteiger partial charge in [-0.2, -0.15) is 0 Å². The summed E-state index contributed by atoms with van der Waals surface area (Å²) in [6.45, 7) is 2.45. The number of likely N-dealkylation sites (N-methyl/N-ethyl adjacent to an activating group) is 1. The number of ether oxygens (including phenoxy) is 2. The van der Waals surface area contributed by atoms with Crippen molar-refractivity contribution in [2.24, 2.45) is 0 Å². The van der Waals surface area contributed by atoms with E-state index in [0.29, 0.717) is 44.7 Å². The lowest BCUT2D eigenvalue weighted by molar-refractivity contribution is -0.188. The van der Waals surface area contributed by atoms with E-state index in [-0.39, 0.29) is 17.9 Å². The maximum Gasteiger partial charge on any atom is 0.254 e. The number of hydrogen-bond donors (Lipinski definition) is 0. The summed E-state index contributed by atoms with van der Waals surface area (Å²) in [5.74, 6) is -0.885. The highest BCUT2D eigenvalue weighted by Crippen LogP contribution is 2.45. The Labute approximate surface area is 174 Å². The molecule has 1 aromatic heterocycles. The number of thiophene rings is 1. The Kier molecular flexibility index (Phi) is 4.69. The van der Waals surface area contributed by atoms with Gasteiger partial charge in [-0.3, -0.25) is 9.59 Å². The van der Waals surface area contributed by atoms with Gasteiger partial charge in [-0.1, -0.05) is 24.3 Å². The van der Waals surface area contributed by atoms with Crippen molar-refractivity contribution in [3.05, 3.63) is 57.8 Å². The first kappa shape index (κ1) is 18.8. The molecule has 152 valence electrons. The van der Waals surface area contributed by atoms with Crippen LogP contribution in [0.5, 0.6) is 0 Å². The summed E-state index contributed by atoms with van der Waals surface area (Å²) in [5, 5.41) is 2.00. The second kappa shape index (κ2) is 7.23. The van der Waals surface area contributed by atoms with Crippen LogP contribution in [0.3, 0.4) is 0 Å². The largest absolute Gasteiger partial charge is 0.347 e. The van der Waals surface area contributed by atoms with Gasteiger partial charge < -0.3 is 19.3 Å². The van der Waals surface area contributed by atoms with E-state index in [9.17, 15) is 9.59 Å². The van der Waals surface area contributed by atoms with Crippen LogP contribution in [0.25, 0.3) is 0 Å². The van der Waals surface area contributed by atoms with Gasteiger partial charge in [0.15, 0.2) is 5.79 Å². The lowest BCUT2D eigenvalue weighted by Crippen LogP contribution is -2.51. The van der Waals surface area contributed by atoms with Crippen LogP contribution in [0.1, 0.15) is 45.6 Å². The van der Waals surface area contributed by atoms with Crippen molar-refractivity contribution in [3.8, 4) is 0 Å². The maximum absolute atomic E-state index is 13.8. The molecule has 0 saturated carbocycles. The van der Waals surface area contributed by atoms with E-state index in [4.69, 9.17) is 9.47 Å². The van der Waals surface area contributed by atoms with Gasteiger partial charge in [0.2, 0.25) is 5.91 Å². The van der Waals surface area contributed by atoms with Crippen LogP contribution in [0.2, 0.25) is 0 Å². The number of carbonyl (C=O) groups excluding carboxylic acids is 2. The van der Waals surface area contributed by atoms with Crippen molar-refractivity contribution in [3.63, 3.8) is 0 Å². The van der Waals surface area contributed by atoms with Gasteiger partial charge >= 0.3 is 0 Å². The van der Waals surface area contributed by atoms with Crippen LogP contribution < -0.4 is 0 Å². The molecule has 6 nitrogen and oxygen atoms in total. The Morgan fingerprint density at radius 1 is 1.10 bits per heavy atom. The second-order valence-corrected chi connectivity index (χ2v) is 8.85. The van der Waals surface area contributed by atoms with Crippen molar-refractivity contribution in [1.82, 2.24) is 9.80 Å². The molecular weight excluding hydrogens is 388 g/mol. The van der Waals surface area contributed by atoms with E-state index in [1.165, 1.54) is 0 Å². The zero-order chi connectivity index (χ0) is 20.0. The minimum absolute atomic E-state index is 0.0339. The summed E-state index contributed by atoms with van der Waals surface area (Å²) in [6.07, 6.45) is 1.37. The quantitative estimate of drug-likeness (QED) is 0.761. The van der Waals surface area contributed by atoms with Gasteiger partial charge in [-0.15, -0.1) is 11.3 Å². The molecule has 3 aliphatic rings. The monoisotopic (exact) mass is 412 g/mol. The van der Waals surface area contributed by atoms with E-state index in [1.807, 2.05) is 46.7 Å². The highest BCUT2D eigenvalue weighted by Gasteiger charge is 2.47. The summed E-state index contributed by atoms with van der Waals surface area (Å²) in [7, 11) is 1.80. The molecule has 5 rings (SSSR count). The van der Waals surface area contributed by atoms with E-state index in [2.05, 4.69) is 0 Å². The van der Waals surface area contributed by atoms with Crippen LogP contribution in [-0.4, -0.2) is 60.8 Å². The van der Waals surface area contributed by atoms with Gasteiger partial charge in [-0.25, -0.2) is 0 Å². The number of benzene rings is 1. The minimum Gasteiger partial charge on any atom is -0.347 e. The van der Waals surface area contributed by atoms with Gasteiger partial charge in [-0.05, 0) is 23.1 Å². The Morgan fingerprint density at radius 3 is 2.52 bits per heavy atom. The third-order valence-electron chi connectivity index (χ3n) is 6.33. The summed E-state index contributed by atoms with van der Waals surface area (Å²) in [6, 6.07) is 11.2. The summed E-state index contributed by atoms with van der Waals surface area (Å²) >= 11 is 1.59. The Hall–Kier alpha value is -2.22. The summed E-state index contributed by atoms with van der Waals surface area (Å²) in [4.78, 5) is 31.5. The van der Waals surface area contributed by atoms with E-state index in [0.717, 1.165) is 10.4 Å². The van der Waals surface area contributed by atoms with Gasteiger partial charge in [0, 0.05) is 43.4 Å². The molecule has 4 heterocycles. The maximum atomic E-state index is 13.8. The topological polar surface area (TPSA) is 59.1 Å². The fourth-order valence-corrected chi connectivity index (χ4v) is 5.71. The SMILES string of the molecule is CN1C(=O)c2ccccc2[C@H](C(=O)N2CCC3(CC2)OCCO3)[C@@H]1c1cccs1. The first-order valence-electron chi connectivity index (χ1n) is 10.1. The van der Waals surface area contributed by atoms with Gasteiger partial charge in [0.05, 0.1) is 25.2 Å². The van der Waals surface area contributed by atoms with E-state index < -0.39 is 11.7 Å². The zero-order valence-electron chi connectivity index (χ0n) is 16.4. The number of nitrogens with zero attached hydrogens (tertiary/aromatic N) is 2. The third-order valence-corrected chi connectivity index (χ3v) is 7.27. The van der Waals surface area contributed by atoms with Crippen LogP contribution >= 0.6 is 11.3 Å². The predicted molar refractivity (Wildman–Crippen MR) is 109 cm³/mol. The van der Waals surface area contributed by atoms with Crippen molar-refractivity contribution >= 4 is 23.2 Å². The smallest absolute Gasteiger partial charge is 0.254 e. The lowest BCUT2D eigenvalue weighted by atomic mass is 9.81. The van der Waals surface area contributed by atoms with Crippen LogP contribution in [-0.2, 0) is 14.3 Å². The highest BCUT2D eigenvalue weighted by atomic mass is 32.1. The predicted octanol–water partition coefficient (Wildman–Crippen LogP) is 3.02. The molecule has 3 aliphatic heterocycles. The summed E-state index contributed by atoms with van der Waals surface area (Å²) < 4.78 is 11.6. The van der Waals surface area contributed by atoms with Crippen LogP contribution in [0, 0.1) is 0 Å². The van der Waals surface area contributed by atoms with E-state index in [1.54, 1.807) is 23.3 Å². The zero-order valence-corrected chi connectivity index (χ0v) is 17.2. The summed E-state index contributed by atoms with van der Waals surface area (Å²) in [5.41, 5.74) is 1.45. The molecule has 1 spiro atoms. The normalized spacial score (nSPS) is 26.0. The van der Waals surface area contributed by atoms with Crippen molar-refractivity contribution in [1.29, 1.82) is 0 Å². The van der Waals surface area contributed by atoms with Gasteiger partial charge in [0.25, 0.3) is 5.91 Å². The molecule has 0 unspecified atom stereocenters. The molecule has 2 atom stereocenters. The Bertz CT molecular complexity index is 913. The fourth-order valence-electron chi connectivity index (χ4n) is 4.81.